The molecule has 0 aromatic carbocycles. The van der Waals surface area contributed by atoms with E-state index in [1.54, 1.807) is 0 Å². The van der Waals surface area contributed by atoms with Crippen LogP contribution in [0.4, 0.5) is 0 Å². The maximum Gasteiger partial charge on any atom is 0.309 e. The Morgan fingerprint density at radius 2 is 2.19 bits per heavy atom. The second-order valence-electron chi connectivity index (χ2n) is 4.76. The molecule has 1 aliphatic rings. The fourth-order valence-electron chi connectivity index (χ4n) is 2.16. The van der Waals surface area contributed by atoms with Crippen LogP contribution in [0.1, 0.15) is 20.8 Å². The first kappa shape index (κ1) is 13.5. The van der Waals surface area contributed by atoms with Crippen LogP contribution >= 0.6 is 0 Å². The maximum absolute atomic E-state index is 11.5. The van der Waals surface area contributed by atoms with Crippen molar-refractivity contribution < 1.29 is 9.53 Å². The molecule has 2 unspecified atom stereocenters. The molecule has 0 aromatic rings. The molecule has 1 heterocycles. The van der Waals surface area contributed by atoms with E-state index in [1.165, 1.54) is 0 Å². The van der Waals surface area contributed by atoms with Gasteiger partial charge in [-0.15, -0.1) is 0 Å². The topological polar surface area (TPSA) is 32.8 Å². The van der Waals surface area contributed by atoms with Crippen LogP contribution in [-0.2, 0) is 9.53 Å². The molecule has 0 saturated carbocycles. The van der Waals surface area contributed by atoms with E-state index in [1.807, 2.05) is 13.8 Å². The predicted octanol–water partition coefficient (Wildman–Crippen LogP) is 0.822. The molecule has 0 amide bonds. The predicted molar refractivity (Wildman–Crippen MR) is 64.3 cm³/mol. The van der Waals surface area contributed by atoms with E-state index in [9.17, 15) is 4.79 Å². The zero-order valence-corrected chi connectivity index (χ0v) is 10.9. The van der Waals surface area contributed by atoms with Crippen molar-refractivity contribution in [3.63, 3.8) is 0 Å². The van der Waals surface area contributed by atoms with Crippen molar-refractivity contribution >= 4 is 5.97 Å². The Balaban J connectivity index is 2.38. The lowest BCUT2D eigenvalue weighted by Crippen LogP contribution is -2.52. The second kappa shape index (κ2) is 6.21. The average Bonchev–Trinajstić information content (AvgIpc) is 2.22. The number of hydrogen-bond acceptors (Lipinski definition) is 4. The summed E-state index contributed by atoms with van der Waals surface area (Å²) >= 11 is 0. The van der Waals surface area contributed by atoms with Crippen LogP contribution in [0.3, 0.4) is 0 Å². The van der Waals surface area contributed by atoms with Crippen LogP contribution in [0.15, 0.2) is 0 Å². The van der Waals surface area contributed by atoms with Crippen molar-refractivity contribution in [1.29, 1.82) is 0 Å². The summed E-state index contributed by atoms with van der Waals surface area (Å²) in [7, 11) is 2.14. The first-order valence-corrected chi connectivity index (χ1v) is 6.13. The molecule has 4 heteroatoms. The molecule has 0 radical (unpaired) electrons. The van der Waals surface area contributed by atoms with Crippen LogP contribution in [-0.4, -0.2) is 61.6 Å². The van der Waals surface area contributed by atoms with Gasteiger partial charge in [0, 0.05) is 32.2 Å². The number of carbonyl (C=O) groups is 1. The van der Waals surface area contributed by atoms with Gasteiger partial charge in [-0.05, 0) is 20.9 Å². The first-order chi connectivity index (χ1) is 7.54. The lowest BCUT2D eigenvalue weighted by Gasteiger charge is -2.39. The largest absolute Gasteiger partial charge is 0.466 e. The van der Waals surface area contributed by atoms with Gasteiger partial charge in [0.25, 0.3) is 0 Å². The van der Waals surface area contributed by atoms with E-state index in [-0.39, 0.29) is 11.9 Å². The van der Waals surface area contributed by atoms with Gasteiger partial charge in [-0.25, -0.2) is 0 Å². The standard InChI is InChI=1S/C12H24N2O2/c1-5-16-12(15)10(2)8-14-7-6-13(4)9-11(14)3/h10-11H,5-9H2,1-4H3. The zero-order valence-electron chi connectivity index (χ0n) is 10.9. The third kappa shape index (κ3) is 3.76. The maximum atomic E-state index is 11.5. The first-order valence-electron chi connectivity index (χ1n) is 6.13. The van der Waals surface area contributed by atoms with E-state index in [0.29, 0.717) is 12.6 Å². The molecule has 0 aromatic heterocycles. The third-order valence-electron chi connectivity index (χ3n) is 3.17. The smallest absolute Gasteiger partial charge is 0.309 e. The van der Waals surface area contributed by atoms with Gasteiger partial charge in [-0.3, -0.25) is 9.69 Å². The van der Waals surface area contributed by atoms with Gasteiger partial charge in [0.2, 0.25) is 0 Å². The molecule has 16 heavy (non-hydrogen) atoms. The molecule has 1 saturated heterocycles. The van der Waals surface area contributed by atoms with Gasteiger partial charge >= 0.3 is 5.97 Å². The highest BCUT2D eigenvalue weighted by molar-refractivity contribution is 5.72. The summed E-state index contributed by atoms with van der Waals surface area (Å²) in [6.07, 6.45) is 0. The Bertz CT molecular complexity index is 233. The highest BCUT2D eigenvalue weighted by Crippen LogP contribution is 2.11. The lowest BCUT2D eigenvalue weighted by molar-refractivity contribution is -0.148. The summed E-state index contributed by atoms with van der Waals surface area (Å²) in [5.41, 5.74) is 0. The monoisotopic (exact) mass is 228 g/mol. The van der Waals surface area contributed by atoms with E-state index in [2.05, 4.69) is 23.8 Å². The lowest BCUT2D eigenvalue weighted by atomic mass is 10.1. The van der Waals surface area contributed by atoms with Gasteiger partial charge in [-0.1, -0.05) is 6.92 Å². The molecule has 2 atom stereocenters. The minimum atomic E-state index is -0.0753. The second-order valence-corrected chi connectivity index (χ2v) is 4.76. The number of esters is 1. The van der Waals surface area contributed by atoms with Gasteiger partial charge in [-0.2, -0.15) is 0 Å². The SMILES string of the molecule is CCOC(=O)C(C)CN1CCN(C)CC1C. The number of ether oxygens (including phenoxy) is 1. The van der Waals surface area contributed by atoms with Crippen LogP contribution < -0.4 is 0 Å². The van der Waals surface area contributed by atoms with Crippen molar-refractivity contribution in [3.05, 3.63) is 0 Å². The molecule has 1 rings (SSSR count). The molecular formula is C12H24N2O2. The molecule has 1 aliphatic heterocycles. The van der Waals surface area contributed by atoms with Crippen molar-refractivity contribution in [2.75, 3.05) is 39.8 Å². The number of piperazine rings is 1. The molecule has 94 valence electrons. The summed E-state index contributed by atoms with van der Waals surface area (Å²) in [4.78, 5) is 16.2. The molecule has 0 spiro atoms. The van der Waals surface area contributed by atoms with Crippen LogP contribution in [0.25, 0.3) is 0 Å². The van der Waals surface area contributed by atoms with E-state index < -0.39 is 0 Å². The fraction of sp³-hybridized carbons (Fsp3) is 0.917. The number of hydrogen-bond donors (Lipinski definition) is 0. The normalized spacial score (nSPS) is 25.4. The Morgan fingerprint density at radius 3 is 2.75 bits per heavy atom. The Labute approximate surface area is 98.5 Å². The molecule has 0 aliphatic carbocycles. The number of carbonyl (C=O) groups excluding carboxylic acids is 1. The minimum absolute atomic E-state index is 0.0224. The van der Waals surface area contributed by atoms with Crippen LogP contribution in [0.5, 0.6) is 0 Å². The molecule has 0 N–H and O–H groups in total. The van der Waals surface area contributed by atoms with Gasteiger partial charge in [0.1, 0.15) is 0 Å². The van der Waals surface area contributed by atoms with Crippen molar-refractivity contribution in [3.8, 4) is 0 Å². The molecule has 1 fully saturated rings. The highest BCUT2D eigenvalue weighted by Gasteiger charge is 2.25. The van der Waals surface area contributed by atoms with E-state index in [0.717, 1.165) is 26.2 Å². The van der Waals surface area contributed by atoms with Gasteiger partial charge < -0.3 is 9.64 Å². The van der Waals surface area contributed by atoms with Crippen LogP contribution in [0, 0.1) is 5.92 Å². The number of nitrogens with zero attached hydrogens (tertiary/aromatic N) is 2. The third-order valence-corrected chi connectivity index (χ3v) is 3.17. The number of rotatable bonds is 4. The fourth-order valence-corrected chi connectivity index (χ4v) is 2.16. The summed E-state index contributed by atoms with van der Waals surface area (Å²) < 4.78 is 5.03. The van der Waals surface area contributed by atoms with E-state index >= 15 is 0 Å². The Hall–Kier alpha value is -0.610. The summed E-state index contributed by atoms with van der Waals surface area (Å²) in [6.45, 7) is 10.5. The minimum Gasteiger partial charge on any atom is -0.466 e. The Kier molecular flexibility index (Phi) is 5.22. The summed E-state index contributed by atoms with van der Waals surface area (Å²) in [5, 5.41) is 0. The zero-order chi connectivity index (χ0) is 12.1. The summed E-state index contributed by atoms with van der Waals surface area (Å²) in [5.74, 6) is -0.0977. The van der Waals surface area contributed by atoms with Crippen molar-refractivity contribution in [2.45, 2.75) is 26.8 Å². The highest BCUT2D eigenvalue weighted by atomic mass is 16.5. The quantitative estimate of drug-likeness (QED) is 0.667. The molecule has 0 bridgehead atoms. The molecule has 4 nitrogen and oxygen atoms in total. The van der Waals surface area contributed by atoms with Gasteiger partial charge in [0.05, 0.1) is 12.5 Å². The average molecular weight is 228 g/mol. The molecular weight excluding hydrogens is 204 g/mol. The number of likely N-dealkylation sites (N-methyl/N-ethyl adjacent to an activating group) is 1. The van der Waals surface area contributed by atoms with Crippen LogP contribution in [0.2, 0.25) is 0 Å². The summed E-state index contributed by atoms with van der Waals surface area (Å²) in [6, 6.07) is 0.524. The van der Waals surface area contributed by atoms with E-state index in [4.69, 9.17) is 4.74 Å². The van der Waals surface area contributed by atoms with Crippen molar-refractivity contribution in [2.24, 2.45) is 5.92 Å². The van der Waals surface area contributed by atoms with Gasteiger partial charge in [0.15, 0.2) is 0 Å². The van der Waals surface area contributed by atoms with Crippen molar-refractivity contribution in [1.82, 2.24) is 9.80 Å². The Morgan fingerprint density at radius 1 is 1.50 bits per heavy atom.